The lowest BCUT2D eigenvalue weighted by Gasteiger charge is -1.94. The summed E-state index contributed by atoms with van der Waals surface area (Å²) >= 11 is 0. The highest BCUT2D eigenvalue weighted by molar-refractivity contribution is 5.60. The number of nitrogens with zero attached hydrogens (tertiary/aromatic N) is 3. The number of nitrogens with one attached hydrogen (secondary N) is 2. The Kier molecular flexibility index (Phi) is 2.08. The van der Waals surface area contributed by atoms with E-state index < -0.39 is 5.76 Å². The molecule has 3 aromatic heterocycles. The molecule has 0 fully saturated rings. The molecule has 2 N–H and O–H groups in total. The zero-order chi connectivity index (χ0) is 11.7. The smallest absolute Gasteiger partial charge is 0.335 e. The Balaban J connectivity index is 2.01. The van der Waals surface area contributed by atoms with Crippen molar-refractivity contribution in [2.45, 2.75) is 0 Å². The molecular weight excluding hydrogens is 222 g/mol. The number of rotatable bonds is 2. The number of hydrogen-bond donors (Lipinski definition) is 2. The van der Waals surface area contributed by atoms with Crippen LogP contribution in [0.3, 0.4) is 0 Å². The maximum Gasteiger partial charge on any atom is 0.439 e. The Labute approximate surface area is 94.5 Å². The summed E-state index contributed by atoms with van der Waals surface area (Å²) in [5.41, 5.74) is 1.76. The topological polar surface area (TPSA) is 100 Å². The van der Waals surface area contributed by atoms with E-state index in [1.807, 2.05) is 12.1 Å². The van der Waals surface area contributed by atoms with Gasteiger partial charge in [-0.25, -0.2) is 9.78 Å². The highest BCUT2D eigenvalue weighted by Crippen LogP contribution is 2.18. The summed E-state index contributed by atoms with van der Waals surface area (Å²) in [6.07, 6.45) is 5.03. The number of pyridine rings is 1. The van der Waals surface area contributed by atoms with Gasteiger partial charge in [0.2, 0.25) is 5.82 Å². The average Bonchev–Trinajstić information content (AvgIpc) is 2.98. The Morgan fingerprint density at radius 3 is 2.65 bits per heavy atom. The maximum absolute atomic E-state index is 10.8. The number of aromatic nitrogens is 5. The lowest BCUT2D eigenvalue weighted by atomic mass is 10.2. The van der Waals surface area contributed by atoms with Gasteiger partial charge in [-0.2, -0.15) is 0 Å². The molecule has 0 bridgehead atoms. The summed E-state index contributed by atoms with van der Waals surface area (Å²) in [7, 11) is 0. The first-order chi connectivity index (χ1) is 8.33. The second-order valence-corrected chi connectivity index (χ2v) is 3.33. The van der Waals surface area contributed by atoms with Crippen molar-refractivity contribution in [1.82, 2.24) is 25.1 Å². The molecule has 0 aliphatic rings. The van der Waals surface area contributed by atoms with Gasteiger partial charge < -0.3 is 4.98 Å². The van der Waals surface area contributed by atoms with Crippen molar-refractivity contribution >= 4 is 0 Å². The Morgan fingerprint density at radius 2 is 1.94 bits per heavy atom. The van der Waals surface area contributed by atoms with Crippen LogP contribution >= 0.6 is 0 Å². The van der Waals surface area contributed by atoms with E-state index in [1.165, 1.54) is 0 Å². The Bertz CT molecular complexity index is 682. The first-order valence-electron chi connectivity index (χ1n) is 4.85. The van der Waals surface area contributed by atoms with Gasteiger partial charge in [0.05, 0.1) is 11.9 Å². The predicted molar refractivity (Wildman–Crippen MR) is 57.9 cm³/mol. The van der Waals surface area contributed by atoms with Gasteiger partial charge in [0.25, 0.3) is 0 Å². The molecule has 3 aromatic rings. The summed E-state index contributed by atoms with van der Waals surface area (Å²) in [5, 5.41) is 3.54. The predicted octanol–water partition coefficient (Wildman–Crippen LogP) is 0.815. The number of hydrogen-bond acceptors (Lipinski definition) is 5. The fraction of sp³-hybridized carbons (Fsp3) is 0. The first-order valence-corrected chi connectivity index (χ1v) is 4.85. The molecule has 0 aromatic carbocycles. The molecule has 0 saturated heterocycles. The Hall–Kier alpha value is -2.70. The van der Waals surface area contributed by atoms with E-state index >= 15 is 0 Å². The van der Waals surface area contributed by atoms with Crippen molar-refractivity contribution in [3.63, 3.8) is 0 Å². The van der Waals surface area contributed by atoms with E-state index in [0.29, 0.717) is 5.82 Å². The molecule has 7 heteroatoms. The minimum Gasteiger partial charge on any atom is -0.335 e. The highest BCUT2D eigenvalue weighted by atomic mass is 16.5. The lowest BCUT2D eigenvalue weighted by molar-refractivity contribution is 0.387. The van der Waals surface area contributed by atoms with Crippen LogP contribution in [-0.2, 0) is 0 Å². The minimum absolute atomic E-state index is 0.273. The summed E-state index contributed by atoms with van der Waals surface area (Å²) in [6.45, 7) is 0. The third kappa shape index (κ3) is 1.73. The van der Waals surface area contributed by atoms with E-state index in [4.69, 9.17) is 0 Å². The summed E-state index contributed by atoms with van der Waals surface area (Å²) < 4.78 is 4.40. The number of imidazole rings is 1. The molecule has 0 atom stereocenters. The fourth-order valence-electron chi connectivity index (χ4n) is 1.45. The van der Waals surface area contributed by atoms with E-state index in [0.717, 1.165) is 11.3 Å². The van der Waals surface area contributed by atoms with Gasteiger partial charge in [0.15, 0.2) is 5.82 Å². The van der Waals surface area contributed by atoms with Crippen LogP contribution in [0.5, 0.6) is 0 Å². The van der Waals surface area contributed by atoms with Gasteiger partial charge in [0, 0.05) is 18.0 Å². The van der Waals surface area contributed by atoms with Gasteiger partial charge in [-0.15, -0.1) is 0 Å². The van der Waals surface area contributed by atoms with Crippen molar-refractivity contribution in [2.24, 2.45) is 0 Å². The van der Waals surface area contributed by atoms with Crippen molar-refractivity contribution in [3.05, 3.63) is 41.3 Å². The van der Waals surface area contributed by atoms with Gasteiger partial charge in [-0.3, -0.25) is 14.5 Å². The van der Waals surface area contributed by atoms with E-state index in [9.17, 15) is 4.79 Å². The average molecular weight is 229 g/mol. The normalized spacial score (nSPS) is 10.6. The van der Waals surface area contributed by atoms with E-state index in [-0.39, 0.29) is 5.82 Å². The van der Waals surface area contributed by atoms with Gasteiger partial charge >= 0.3 is 5.76 Å². The SMILES string of the molecule is O=c1[nH]c(-c2ncc(-c3ccncc3)[nH]2)no1. The maximum atomic E-state index is 10.8. The van der Waals surface area contributed by atoms with Crippen molar-refractivity contribution in [1.29, 1.82) is 0 Å². The number of aromatic amines is 2. The van der Waals surface area contributed by atoms with Crippen molar-refractivity contribution < 1.29 is 4.52 Å². The third-order valence-electron chi connectivity index (χ3n) is 2.23. The molecule has 0 amide bonds. The van der Waals surface area contributed by atoms with Crippen LogP contribution in [-0.4, -0.2) is 25.1 Å². The summed E-state index contributed by atoms with van der Waals surface area (Å²) in [4.78, 5) is 24.3. The van der Waals surface area contributed by atoms with Crippen LogP contribution in [0.15, 0.2) is 40.0 Å². The third-order valence-corrected chi connectivity index (χ3v) is 2.23. The molecule has 0 saturated carbocycles. The zero-order valence-electron chi connectivity index (χ0n) is 8.54. The van der Waals surface area contributed by atoms with E-state index in [1.54, 1.807) is 18.6 Å². The molecule has 17 heavy (non-hydrogen) atoms. The fourth-order valence-corrected chi connectivity index (χ4v) is 1.45. The monoisotopic (exact) mass is 229 g/mol. The van der Waals surface area contributed by atoms with Crippen molar-refractivity contribution in [3.8, 4) is 22.9 Å². The molecule has 0 spiro atoms. The molecule has 84 valence electrons. The van der Waals surface area contributed by atoms with Crippen LogP contribution in [0, 0.1) is 0 Å². The summed E-state index contributed by atoms with van der Waals surface area (Å²) in [5.74, 6) is 0.111. The van der Waals surface area contributed by atoms with Gasteiger partial charge in [-0.1, -0.05) is 5.16 Å². The van der Waals surface area contributed by atoms with Crippen LogP contribution in [0.2, 0.25) is 0 Å². The van der Waals surface area contributed by atoms with Gasteiger partial charge in [0.1, 0.15) is 0 Å². The molecule has 3 heterocycles. The van der Waals surface area contributed by atoms with Crippen LogP contribution in [0.4, 0.5) is 0 Å². The lowest BCUT2D eigenvalue weighted by Crippen LogP contribution is -1.95. The zero-order valence-corrected chi connectivity index (χ0v) is 8.54. The van der Waals surface area contributed by atoms with Crippen LogP contribution in [0.25, 0.3) is 22.9 Å². The van der Waals surface area contributed by atoms with Crippen molar-refractivity contribution in [2.75, 3.05) is 0 Å². The quantitative estimate of drug-likeness (QED) is 0.677. The molecular formula is C10H7N5O2. The van der Waals surface area contributed by atoms with Gasteiger partial charge in [-0.05, 0) is 12.1 Å². The first kappa shape index (κ1) is 9.52. The van der Waals surface area contributed by atoms with Crippen LogP contribution in [0.1, 0.15) is 0 Å². The standard InChI is InChI=1S/C10H7N5O2/c16-10-14-9(15-17-10)8-12-5-7(13-8)6-1-3-11-4-2-6/h1-5H,(H,12,13)(H,14,15,16). The number of H-pyrrole nitrogens is 2. The molecule has 0 radical (unpaired) electrons. The molecule has 0 aliphatic carbocycles. The molecule has 3 rings (SSSR count). The summed E-state index contributed by atoms with van der Waals surface area (Å²) in [6, 6.07) is 3.70. The van der Waals surface area contributed by atoms with E-state index in [2.05, 4.69) is 29.6 Å². The molecule has 0 aliphatic heterocycles. The highest BCUT2D eigenvalue weighted by Gasteiger charge is 2.09. The van der Waals surface area contributed by atoms with Crippen LogP contribution < -0.4 is 5.76 Å². The molecule has 0 unspecified atom stereocenters. The second kappa shape index (κ2) is 3.71. The second-order valence-electron chi connectivity index (χ2n) is 3.33. The molecule has 7 nitrogen and oxygen atoms in total. The minimum atomic E-state index is -0.609. The Morgan fingerprint density at radius 1 is 1.12 bits per heavy atom. The largest absolute Gasteiger partial charge is 0.439 e.